The first-order valence-corrected chi connectivity index (χ1v) is 6.48. The molecule has 0 saturated carbocycles. The van der Waals surface area contributed by atoms with Gasteiger partial charge in [-0.15, -0.1) is 0 Å². The number of nitrogens with zero attached hydrogens (tertiary/aromatic N) is 1. The summed E-state index contributed by atoms with van der Waals surface area (Å²) < 4.78 is 0.732. The van der Waals surface area contributed by atoms with Crippen molar-refractivity contribution in [3.8, 4) is 0 Å². The minimum absolute atomic E-state index is 0.00852. The number of carbonyl (C=O) groups excluding carboxylic acids is 1. The van der Waals surface area contributed by atoms with E-state index in [0.717, 1.165) is 4.47 Å². The summed E-state index contributed by atoms with van der Waals surface area (Å²) in [6, 6.07) is 1.72. The van der Waals surface area contributed by atoms with Crippen LogP contribution in [0.1, 0.15) is 38.1 Å². The van der Waals surface area contributed by atoms with E-state index in [1.165, 1.54) is 0 Å². The zero-order valence-corrected chi connectivity index (χ0v) is 12.6. The molecule has 6 heteroatoms. The van der Waals surface area contributed by atoms with E-state index in [2.05, 4.69) is 52.4 Å². The predicted octanol–water partition coefficient (Wildman–Crippen LogP) is 2.29. The third-order valence-electron chi connectivity index (χ3n) is 2.88. The van der Waals surface area contributed by atoms with Crippen LogP contribution in [0, 0.1) is 5.41 Å². The highest BCUT2D eigenvalue weighted by atomic mass is 79.9. The first-order chi connectivity index (χ1) is 8.25. The SMILES string of the molecule is CC(NC(=O)c1cc(Br)cnc1NN)C(C)(C)C. The molecule has 0 saturated heterocycles. The van der Waals surface area contributed by atoms with Crippen molar-refractivity contribution in [1.82, 2.24) is 10.3 Å². The summed E-state index contributed by atoms with van der Waals surface area (Å²) in [7, 11) is 0. The average Bonchev–Trinajstić information content (AvgIpc) is 2.27. The Labute approximate surface area is 116 Å². The van der Waals surface area contributed by atoms with Gasteiger partial charge >= 0.3 is 0 Å². The molecule has 1 atom stereocenters. The number of aromatic nitrogens is 1. The van der Waals surface area contributed by atoms with Gasteiger partial charge < -0.3 is 10.7 Å². The van der Waals surface area contributed by atoms with Crippen LogP contribution in [0.3, 0.4) is 0 Å². The number of carbonyl (C=O) groups is 1. The van der Waals surface area contributed by atoms with Gasteiger partial charge in [-0.05, 0) is 34.3 Å². The number of hydrogen-bond acceptors (Lipinski definition) is 4. The van der Waals surface area contributed by atoms with Crippen molar-refractivity contribution in [3.63, 3.8) is 0 Å². The second-order valence-electron chi connectivity index (χ2n) is 5.26. The highest BCUT2D eigenvalue weighted by Gasteiger charge is 2.23. The Hall–Kier alpha value is -1.14. The van der Waals surface area contributed by atoms with Crippen LogP contribution in [0.4, 0.5) is 5.82 Å². The first kappa shape index (κ1) is 14.9. The molecule has 0 aliphatic rings. The summed E-state index contributed by atoms with van der Waals surface area (Å²) in [6.07, 6.45) is 1.58. The smallest absolute Gasteiger partial charge is 0.255 e. The fourth-order valence-corrected chi connectivity index (χ4v) is 1.55. The number of rotatable bonds is 3. The zero-order valence-electron chi connectivity index (χ0n) is 11.0. The van der Waals surface area contributed by atoms with E-state index in [4.69, 9.17) is 5.84 Å². The van der Waals surface area contributed by atoms with E-state index < -0.39 is 0 Å². The molecule has 0 aliphatic carbocycles. The topological polar surface area (TPSA) is 80.0 Å². The molecule has 1 aromatic rings. The highest BCUT2D eigenvalue weighted by Crippen LogP contribution is 2.21. The van der Waals surface area contributed by atoms with E-state index in [1.54, 1.807) is 12.3 Å². The van der Waals surface area contributed by atoms with Gasteiger partial charge in [-0.1, -0.05) is 20.8 Å². The molecular formula is C12H19BrN4O. The van der Waals surface area contributed by atoms with Gasteiger partial charge in [0.1, 0.15) is 0 Å². The second kappa shape index (κ2) is 5.67. The number of hydrazine groups is 1. The standard InChI is InChI=1S/C12H19BrN4O/c1-7(12(2,3)4)16-11(18)9-5-8(13)6-15-10(9)17-14/h5-7H,14H2,1-4H3,(H,15,17)(H,16,18). The normalized spacial score (nSPS) is 13.0. The lowest BCUT2D eigenvalue weighted by molar-refractivity contribution is 0.0910. The van der Waals surface area contributed by atoms with Gasteiger partial charge in [0, 0.05) is 16.7 Å². The molecule has 5 nitrogen and oxygen atoms in total. The van der Waals surface area contributed by atoms with Crippen LogP contribution in [0.25, 0.3) is 0 Å². The fourth-order valence-electron chi connectivity index (χ4n) is 1.22. The Kier molecular flexibility index (Phi) is 4.70. The van der Waals surface area contributed by atoms with Crippen LogP contribution in [0.2, 0.25) is 0 Å². The lowest BCUT2D eigenvalue weighted by Gasteiger charge is -2.28. The van der Waals surface area contributed by atoms with E-state index in [-0.39, 0.29) is 17.4 Å². The summed E-state index contributed by atoms with van der Waals surface area (Å²) in [5, 5.41) is 2.94. The molecule has 100 valence electrons. The Morgan fingerprint density at radius 1 is 1.50 bits per heavy atom. The number of pyridine rings is 1. The summed E-state index contributed by atoms with van der Waals surface area (Å²) in [5.41, 5.74) is 2.83. The Balaban J connectivity index is 2.94. The molecule has 0 bridgehead atoms. The lowest BCUT2D eigenvalue weighted by Crippen LogP contribution is -2.41. The maximum atomic E-state index is 12.2. The Morgan fingerprint density at radius 2 is 2.11 bits per heavy atom. The lowest BCUT2D eigenvalue weighted by atomic mass is 9.88. The third kappa shape index (κ3) is 3.68. The highest BCUT2D eigenvalue weighted by molar-refractivity contribution is 9.10. The number of nitrogen functional groups attached to an aromatic ring is 1. The van der Waals surface area contributed by atoms with Crippen molar-refractivity contribution in [2.24, 2.45) is 11.3 Å². The van der Waals surface area contributed by atoms with Crippen molar-refractivity contribution < 1.29 is 4.79 Å². The number of halogens is 1. The van der Waals surface area contributed by atoms with E-state index >= 15 is 0 Å². The van der Waals surface area contributed by atoms with Crippen molar-refractivity contribution in [2.75, 3.05) is 5.43 Å². The maximum absolute atomic E-state index is 12.2. The third-order valence-corrected chi connectivity index (χ3v) is 3.32. The monoisotopic (exact) mass is 314 g/mol. The van der Waals surface area contributed by atoms with Gasteiger partial charge in [0.05, 0.1) is 5.56 Å². The van der Waals surface area contributed by atoms with E-state index in [0.29, 0.717) is 11.4 Å². The van der Waals surface area contributed by atoms with Crippen LogP contribution in [0.5, 0.6) is 0 Å². The minimum atomic E-state index is -0.195. The van der Waals surface area contributed by atoms with Crippen LogP contribution < -0.4 is 16.6 Å². The quantitative estimate of drug-likeness (QED) is 0.590. The molecule has 0 aromatic carbocycles. The molecule has 1 aromatic heterocycles. The summed E-state index contributed by atoms with van der Waals surface area (Å²) in [4.78, 5) is 16.2. The number of hydrogen-bond donors (Lipinski definition) is 3. The molecule has 0 aliphatic heterocycles. The molecular weight excluding hydrogens is 296 g/mol. The molecule has 0 spiro atoms. The minimum Gasteiger partial charge on any atom is -0.349 e. The largest absolute Gasteiger partial charge is 0.349 e. The molecule has 1 rings (SSSR count). The Morgan fingerprint density at radius 3 is 2.61 bits per heavy atom. The van der Waals surface area contributed by atoms with Gasteiger partial charge in [-0.3, -0.25) is 4.79 Å². The number of nitrogens with one attached hydrogen (secondary N) is 2. The predicted molar refractivity (Wildman–Crippen MR) is 76.1 cm³/mol. The van der Waals surface area contributed by atoms with Crippen LogP contribution >= 0.6 is 15.9 Å². The van der Waals surface area contributed by atoms with Crippen molar-refractivity contribution in [3.05, 3.63) is 22.3 Å². The van der Waals surface area contributed by atoms with E-state index in [1.807, 2.05) is 6.92 Å². The summed E-state index contributed by atoms with van der Waals surface area (Å²) in [6.45, 7) is 8.18. The van der Waals surface area contributed by atoms with Gasteiger partial charge in [0.15, 0.2) is 5.82 Å². The number of amides is 1. The average molecular weight is 315 g/mol. The van der Waals surface area contributed by atoms with Crippen LogP contribution in [-0.2, 0) is 0 Å². The molecule has 18 heavy (non-hydrogen) atoms. The Bertz CT molecular complexity index is 442. The van der Waals surface area contributed by atoms with Gasteiger partial charge in [0.2, 0.25) is 0 Å². The van der Waals surface area contributed by atoms with Crippen molar-refractivity contribution in [1.29, 1.82) is 0 Å². The second-order valence-corrected chi connectivity index (χ2v) is 6.17. The van der Waals surface area contributed by atoms with Gasteiger partial charge in [0.25, 0.3) is 5.91 Å². The van der Waals surface area contributed by atoms with Crippen LogP contribution in [0.15, 0.2) is 16.7 Å². The molecule has 0 fully saturated rings. The first-order valence-electron chi connectivity index (χ1n) is 5.68. The molecule has 1 unspecified atom stereocenters. The maximum Gasteiger partial charge on any atom is 0.255 e. The number of nitrogens with two attached hydrogens (primary N) is 1. The number of anilines is 1. The summed E-state index contributed by atoms with van der Waals surface area (Å²) >= 11 is 3.29. The van der Waals surface area contributed by atoms with E-state index in [9.17, 15) is 4.79 Å². The molecule has 1 amide bonds. The zero-order chi connectivity index (χ0) is 13.9. The van der Waals surface area contributed by atoms with Gasteiger partial charge in [-0.25, -0.2) is 10.8 Å². The van der Waals surface area contributed by atoms with Crippen LogP contribution in [-0.4, -0.2) is 16.9 Å². The van der Waals surface area contributed by atoms with Crippen molar-refractivity contribution >= 4 is 27.7 Å². The molecule has 0 radical (unpaired) electrons. The van der Waals surface area contributed by atoms with Crippen molar-refractivity contribution in [2.45, 2.75) is 33.7 Å². The molecule has 4 N–H and O–H groups in total. The van der Waals surface area contributed by atoms with Gasteiger partial charge in [-0.2, -0.15) is 0 Å². The fraction of sp³-hybridized carbons (Fsp3) is 0.500. The summed E-state index contributed by atoms with van der Waals surface area (Å²) in [5.74, 6) is 5.51. The molecule has 1 heterocycles.